The molecule has 1 aromatic heterocycles. The molecule has 0 amide bonds. The highest BCUT2D eigenvalue weighted by Gasteiger charge is 2.08. The van der Waals surface area contributed by atoms with Gasteiger partial charge in [-0.3, -0.25) is 0 Å². The third-order valence-corrected chi connectivity index (χ3v) is 3.17. The molecule has 2 aromatic carbocycles. The first-order valence-electron chi connectivity index (χ1n) is 7.69. The summed E-state index contributed by atoms with van der Waals surface area (Å²) in [4.78, 5) is 13.9. The lowest BCUT2D eigenvalue weighted by molar-refractivity contribution is -0.303. The van der Waals surface area contributed by atoms with Gasteiger partial charge in [0.05, 0.1) is 6.61 Å². The lowest BCUT2D eigenvalue weighted by atomic mass is 10.1. The van der Waals surface area contributed by atoms with Crippen molar-refractivity contribution < 1.29 is 18.7 Å². The Morgan fingerprint density at radius 2 is 1.84 bits per heavy atom. The molecule has 0 radical (unpaired) electrons. The van der Waals surface area contributed by atoms with Gasteiger partial charge in [0.25, 0.3) is 5.89 Å². The van der Waals surface area contributed by atoms with Crippen LogP contribution in [0.1, 0.15) is 23.9 Å². The van der Waals surface area contributed by atoms with Gasteiger partial charge in [0.1, 0.15) is 5.82 Å². The monoisotopic (exact) mass is 338 g/mol. The smallest absolute Gasteiger partial charge is 0.256 e. The summed E-state index contributed by atoms with van der Waals surface area (Å²) in [7, 11) is 0. The highest BCUT2D eigenvalue weighted by molar-refractivity contribution is 5.56. The van der Waals surface area contributed by atoms with E-state index in [2.05, 4.69) is 22.0 Å². The van der Waals surface area contributed by atoms with E-state index in [1.54, 1.807) is 12.1 Å². The van der Waals surface area contributed by atoms with Crippen LogP contribution in [0, 0.1) is 17.7 Å². The van der Waals surface area contributed by atoms with Gasteiger partial charge in [0, 0.05) is 16.7 Å². The highest BCUT2D eigenvalue weighted by Crippen LogP contribution is 2.16. The van der Waals surface area contributed by atoms with E-state index in [1.165, 1.54) is 12.1 Å². The van der Waals surface area contributed by atoms with Gasteiger partial charge in [-0.15, -0.1) is 0 Å². The van der Waals surface area contributed by atoms with Crippen molar-refractivity contribution in [1.82, 2.24) is 10.1 Å². The molecular weight excluding hydrogens is 323 g/mol. The minimum absolute atomic E-state index is 0.0953. The summed E-state index contributed by atoms with van der Waals surface area (Å²) in [5.41, 5.74) is 2.22. The van der Waals surface area contributed by atoms with Crippen molar-refractivity contribution in [2.75, 3.05) is 6.61 Å². The molecule has 0 N–H and O–H groups in total. The zero-order chi connectivity index (χ0) is 17.5. The Bertz CT molecular complexity index is 895. The van der Waals surface area contributed by atoms with Crippen LogP contribution in [-0.4, -0.2) is 16.7 Å². The number of nitrogens with zero attached hydrogens (tertiary/aromatic N) is 2. The zero-order valence-corrected chi connectivity index (χ0v) is 13.5. The maximum absolute atomic E-state index is 13.1. The normalized spacial score (nSPS) is 10.3. The van der Waals surface area contributed by atoms with Crippen molar-refractivity contribution in [3.63, 3.8) is 0 Å². The average molecular weight is 338 g/mol. The number of benzene rings is 2. The minimum Gasteiger partial charge on any atom is -0.336 e. The fraction of sp³-hybridized carbons (Fsp3) is 0.158. The summed E-state index contributed by atoms with van der Waals surface area (Å²) >= 11 is 0. The molecule has 6 heteroatoms. The first-order valence-corrected chi connectivity index (χ1v) is 7.69. The third-order valence-electron chi connectivity index (χ3n) is 3.17. The Morgan fingerprint density at radius 1 is 1.04 bits per heavy atom. The first-order chi connectivity index (χ1) is 12.2. The molecule has 0 bridgehead atoms. The van der Waals surface area contributed by atoms with E-state index in [9.17, 15) is 4.39 Å². The Hall–Kier alpha value is -3.01. The van der Waals surface area contributed by atoms with Crippen LogP contribution >= 0.6 is 0 Å². The van der Waals surface area contributed by atoms with Gasteiger partial charge in [-0.2, -0.15) is 4.98 Å². The SMILES string of the molecule is CCOOCc1nc(-c2ccc(C#Cc3cccc(F)c3)cc2)no1. The standard InChI is InChI=1S/C19H15FN2O3/c1-2-23-24-13-18-21-19(22-25-18)16-10-8-14(9-11-16)6-7-15-4-3-5-17(20)12-15/h3-5,8-12H,2,13H2,1H3. The Balaban J connectivity index is 1.68. The lowest BCUT2D eigenvalue weighted by Crippen LogP contribution is -1.94. The van der Waals surface area contributed by atoms with Crippen LogP contribution in [0.2, 0.25) is 0 Å². The number of aromatic nitrogens is 2. The molecule has 0 aliphatic heterocycles. The molecule has 0 unspecified atom stereocenters. The Labute approximate surface area is 144 Å². The summed E-state index contributed by atoms with van der Waals surface area (Å²) in [5, 5.41) is 3.90. The maximum Gasteiger partial charge on any atom is 0.256 e. The van der Waals surface area contributed by atoms with E-state index in [-0.39, 0.29) is 12.4 Å². The molecule has 5 nitrogen and oxygen atoms in total. The highest BCUT2D eigenvalue weighted by atomic mass is 19.1. The van der Waals surface area contributed by atoms with Crippen molar-refractivity contribution >= 4 is 0 Å². The molecule has 25 heavy (non-hydrogen) atoms. The van der Waals surface area contributed by atoms with Crippen molar-refractivity contribution in [3.05, 3.63) is 71.4 Å². The van der Waals surface area contributed by atoms with Gasteiger partial charge in [0.15, 0.2) is 6.61 Å². The second-order valence-electron chi connectivity index (χ2n) is 5.02. The van der Waals surface area contributed by atoms with E-state index in [0.717, 1.165) is 11.1 Å². The molecule has 3 aromatic rings. The van der Waals surface area contributed by atoms with Crippen LogP contribution in [-0.2, 0) is 16.4 Å². The molecular formula is C19H15FN2O3. The van der Waals surface area contributed by atoms with E-state index in [0.29, 0.717) is 23.9 Å². The van der Waals surface area contributed by atoms with Crippen molar-refractivity contribution in [3.8, 4) is 23.2 Å². The van der Waals surface area contributed by atoms with Gasteiger partial charge in [-0.05, 0) is 49.4 Å². The zero-order valence-electron chi connectivity index (χ0n) is 13.5. The summed E-state index contributed by atoms with van der Waals surface area (Å²) in [6.07, 6.45) is 0. The van der Waals surface area contributed by atoms with E-state index in [1.807, 2.05) is 31.2 Å². The second kappa shape index (κ2) is 8.20. The molecule has 0 fully saturated rings. The number of hydrogen-bond acceptors (Lipinski definition) is 5. The van der Waals surface area contributed by atoms with E-state index >= 15 is 0 Å². The quantitative estimate of drug-likeness (QED) is 0.307. The molecule has 0 aliphatic rings. The van der Waals surface area contributed by atoms with Crippen LogP contribution in [0.15, 0.2) is 53.1 Å². The van der Waals surface area contributed by atoms with Gasteiger partial charge in [-0.25, -0.2) is 14.2 Å². The fourth-order valence-electron chi connectivity index (χ4n) is 2.02. The van der Waals surface area contributed by atoms with Crippen LogP contribution in [0.5, 0.6) is 0 Å². The average Bonchev–Trinajstić information content (AvgIpc) is 3.10. The topological polar surface area (TPSA) is 57.4 Å². The molecule has 0 aliphatic carbocycles. The third kappa shape index (κ3) is 4.73. The molecule has 0 saturated heterocycles. The van der Waals surface area contributed by atoms with Gasteiger partial charge >= 0.3 is 0 Å². The molecule has 3 rings (SSSR count). The number of rotatable bonds is 5. The van der Waals surface area contributed by atoms with Gasteiger partial charge in [0.2, 0.25) is 5.82 Å². The maximum atomic E-state index is 13.1. The largest absolute Gasteiger partial charge is 0.336 e. The summed E-state index contributed by atoms with van der Waals surface area (Å²) in [5.74, 6) is 6.40. The van der Waals surface area contributed by atoms with Crippen LogP contribution < -0.4 is 0 Å². The molecule has 0 spiro atoms. The minimum atomic E-state index is -0.302. The summed E-state index contributed by atoms with van der Waals surface area (Å²) in [6.45, 7) is 2.36. The van der Waals surface area contributed by atoms with E-state index in [4.69, 9.17) is 14.3 Å². The van der Waals surface area contributed by atoms with Crippen molar-refractivity contribution in [1.29, 1.82) is 0 Å². The molecule has 0 saturated carbocycles. The predicted octanol–water partition coefficient (Wildman–Crippen LogP) is 3.74. The molecule has 1 heterocycles. The Morgan fingerprint density at radius 3 is 2.60 bits per heavy atom. The fourth-order valence-corrected chi connectivity index (χ4v) is 2.02. The van der Waals surface area contributed by atoms with Gasteiger partial charge in [-0.1, -0.05) is 23.1 Å². The predicted molar refractivity (Wildman–Crippen MR) is 88.5 cm³/mol. The van der Waals surface area contributed by atoms with Gasteiger partial charge < -0.3 is 4.52 Å². The van der Waals surface area contributed by atoms with Crippen LogP contribution in [0.4, 0.5) is 4.39 Å². The lowest BCUT2D eigenvalue weighted by Gasteiger charge is -1.96. The summed E-state index contributed by atoms with van der Waals surface area (Å²) < 4.78 is 18.2. The Kier molecular flexibility index (Phi) is 5.52. The number of halogens is 1. The van der Waals surface area contributed by atoms with E-state index < -0.39 is 0 Å². The first kappa shape index (κ1) is 16.8. The van der Waals surface area contributed by atoms with Crippen molar-refractivity contribution in [2.24, 2.45) is 0 Å². The van der Waals surface area contributed by atoms with Crippen LogP contribution in [0.3, 0.4) is 0 Å². The van der Waals surface area contributed by atoms with Crippen LogP contribution in [0.25, 0.3) is 11.4 Å². The molecule has 126 valence electrons. The molecule has 0 atom stereocenters. The van der Waals surface area contributed by atoms with Crippen molar-refractivity contribution in [2.45, 2.75) is 13.5 Å². The second-order valence-corrected chi connectivity index (χ2v) is 5.02. The number of hydrogen-bond donors (Lipinski definition) is 0. The summed E-state index contributed by atoms with van der Waals surface area (Å²) in [6, 6.07) is 13.5.